The highest BCUT2D eigenvalue weighted by atomic mass is 35.5. The molecular weight excluding hydrogens is 224 g/mol. The average molecular weight is 249 g/mol. The predicted octanol–water partition coefficient (Wildman–Crippen LogP) is 2.23. The number of carbonyl (C=O) groups excluding carboxylic acids is 1. The predicted molar refractivity (Wildman–Crippen MR) is 69.7 cm³/mol. The molecule has 0 heterocycles. The molecule has 1 aliphatic rings. The highest BCUT2D eigenvalue weighted by Gasteiger charge is 2.27. The highest BCUT2D eigenvalue weighted by molar-refractivity contribution is 5.85. The van der Waals surface area contributed by atoms with E-state index >= 15 is 0 Å². The second-order valence-corrected chi connectivity index (χ2v) is 5.25. The Balaban J connectivity index is 0.00000225. The third kappa shape index (κ3) is 4.71. The van der Waals surface area contributed by atoms with E-state index < -0.39 is 5.41 Å². The van der Waals surface area contributed by atoms with Crippen molar-refractivity contribution in [3.63, 3.8) is 0 Å². The van der Waals surface area contributed by atoms with E-state index in [1.54, 1.807) is 0 Å². The number of nitrogens with two attached hydrogens (primary N) is 1. The van der Waals surface area contributed by atoms with Gasteiger partial charge in [-0.25, -0.2) is 0 Å². The monoisotopic (exact) mass is 248 g/mol. The summed E-state index contributed by atoms with van der Waals surface area (Å²) in [6.07, 6.45) is 7.38. The number of rotatable bonds is 3. The van der Waals surface area contributed by atoms with E-state index in [0.717, 1.165) is 12.8 Å². The molecule has 0 unspecified atom stereocenters. The van der Waals surface area contributed by atoms with Crippen molar-refractivity contribution < 1.29 is 4.79 Å². The molecular formula is C12H25ClN2O. The Morgan fingerprint density at radius 1 is 1.25 bits per heavy atom. The van der Waals surface area contributed by atoms with E-state index in [9.17, 15) is 4.79 Å². The van der Waals surface area contributed by atoms with Gasteiger partial charge < -0.3 is 11.1 Å². The van der Waals surface area contributed by atoms with Crippen LogP contribution >= 0.6 is 12.4 Å². The summed E-state index contributed by atoms with van der Waals surface area (Å²) in [6.45, 7) is 4.21. The summed E-state index contributed by atoms with van der Waals surface area (Å²) in [7, 11) is 0. The maximum Gasteiger partial charge on any atom is 0.227 e. The van der Waals surface area contributed by atoms with Gasteiger partial charge in [0.05, 0.1) is 5.41 Å². The molecule has 1 amide bonds. The third-order valence-corrected chi connectivity index (χ3v) is 3.32. The molecule has 0 atom stereocenters. The molecule has 0 bridgehead atoms. The van der Waals surface area contributed by atoms with Crippen molar-refractivity contribution in [3.8, 4) is 0 Å². The molecule has 0 aromatic heterocycles. The van der Waals surface area contributed by atoms with E-state index in [2.05, 4.69) is 5.32 Å². The van der Waals surface area contributed by atoms with Crippen molar-refractivity contribution in [1.82, 2.24) is 5.32 Å². The summed E-state index contributed by atoms with van der Waals surface area (Å²) in [6, 6.07) is 0.380. The molecule has 0 spiro atoms. The van der Waals surface area contributed by atoms with Gasteiger partial charge in [0.25, 0.3) is 0 Å². The van der Waals surface area contributed by atoms with Gasteiger partial charge in [-0.1, -0.05) is 25.7 Å². The van der Waals surface area contributed by atoms with Gasteiger partial charge in [0, 0.05) is 12.6 Å². The molecule has 96 valence electrons. The van der Waals surface area contributed by atoms with Crippen LogP contribution in [0.1, 0.15) is 52.4 Å². The molecule has 1 aliphatic carbocycles. The van der Waals surface area contributed by atoms with Gasteiger partial charge in [-0.05, 0) is 26.7 Å². The van der Waals surface area contributed by atoms with E-state index in [4.69, 9.17) is 5.73 Å². The first kappa shape index (κ1) is 15.7. The van der Waals surface area contributed by atoms with Crippen molar-refractivity contribution in [3.05, 3.63) is 0 Å². The zero-order valence-corrected chi connectivity index (χ0v) is 11.2. The van der Waals surface area contributed by atoms with Crippen LogP contribution in [0.4, 0.5) is 0 Å². The molecule has 4 heteroatoms. The van der Waals surface area contributed by atoms with Crippen molar-refractivity contribution in [1.29, 1.82) is 0 Å². The Morgan fingerprint density at radius 2 is 1.75 bits per heavy atom. The SMILES string of the molecule is CC(C)(CN)C(=O)NC1CCCCCC1.Cl. The van der Waals surface area contributed by atoms with Gasteiger partial charge >= 0.3 is 0 Å². The first-order chi connectivity index (χ1) is 7.06. The number of carbonyl (C=O) groups is 1. The van der Waals surface area contributed by atoms with Crippen LogP contribution in [0.25, 0.3) is 0 Å². The first-order valence-electron chi connectivity index (χ1n) is 6.07. The van der Waals surface area contributed by atoms with E-state index in [0.29, 0.717) is 12.6 Å². The molecule has 16 heavy (non-hydrogen) atoms. The maximum atomic E-state index is 11.9. The topological polar surface area (TPSA) is 55.1 Å². The highest BCUT2D eigenvalue weighted by Crippen LogP contribution is 2.19. The minimum absolute atomic E-state index is 0. The molecule has 0 saturated heterocycles. The molecule has 3 nitrogen and oxygen atoms in total. The lowest BCUT2D eigenvalue weighted by Gasteiger charge is -2.25. The van der Waals surface area contributed by atoms with Crippen LogP contribution in [-0.2, 0) is 4.79 Å². The first-order valence-corrected chi connectivity index (χ1v) is 6.07. The summed E-state index contributed by atoms with van der Waals surface area (Å²) in [5, 5.41) is 3.13. The number of hydrogen-bond donors (Lipinski definition) is 2. The summed E-state index contributed by atoms with van der Waals surface area (Å²) in [5.41, 5.74) is 5.16. The van der Waals surface area contributed by atoms with Gasteiger partial charge in [-0.2, -0.15) is 0 Å². The minimum atomic E-state index is -0.424. The second-order valence-electron chi connectivity index (χ2n) is 5.25. The lowest BCUT2D eigenvalue weighted by molar-refractivity contribution is -0.129. The van der Waals surface area contributed by atoms with Gasteiger partial charge in [0.15, 0.2) is 0 Å². The van der Waals surface area contributed by atoms with Gasteiger partial charge in [0.1, 0.15) is 0 Å². The number of amides is 1. The molecule has 0 aliphatic heterocycles. The van der Waals surface area contributed by atoms with Crippen LogP contribution in [0.15, 0.2) is 0 Å². The second kappa shape index (κ2) is 7.13. The Labute approximate surface area is 105 Å². The standard InChI is InChI=1S/C12H24N2O.ClH/c1-12(2,9-13)11(15)14-10-7-5-3-4-6-8-10;/h10H,3-9,13H2,1-2H3,(H,14,15);1H. The van der Waals surface area contributed by atoms with E-state index in [-0.39, 0.29) is 18.3 Å². The van der Waals surface area contributed by atoms with Crippen LogP contribution in [0.5, 0.6) is 0 Å². The molecule has 0 aromatic carbocycles. The van der Waals surface area contributed by atoms with Crippen molar-refractivity contribution in [2.75, 3.05) is 6.54 Å². The molecule has 0 aromatic rings. The molecule has 1 saturated carbocycles. The molecule has 1 fully saturated rings. The Morgan fingerprint density at radius 3 is 2.19 bits per heavy atom. The third-order valence-electron chi connectivity index (χ3n) is 3.32. The zero-order valence-electron chi connectivity index (χ0n) is 10.4. The summed E-state index contributed by atoms with van der Waals surface area (Å²) >= 11 is 0. The number of halogens is 1. The Hall–Kier alpha value is -0.280. The van der Waals surface area contributed by atoms with Gasteiger partial charge in [-0.3, -0.25) is 4.79 Å². The fraction of sp³-hybridized carbons (Fsp3) is 0.917. The normalized spacial score (nSPS) is 18.4. The van der Waals surface area contributed by atoms with Crippen molar-refractivity contribution in [2.24, 2.45) is 11.1 Å². The van der Waals surface area contributed by atoms with Gasteiger partial charge in [0.2, 0.25) is 5.91 Å². The largest absolute Gasteiger partial charge is 0.353 e. The quantitative estimate of drug-likeness (QED) is 0.753. The Bertz CT molecular complexity index is 211. The minimum Gasteiger partial charge on any atom is -0.353 e. The summed E-state index contributed by atoms with van der Waals surface area (Å²) in [5.74, 6) is 0.108. The van der Waals surface area contributed by atoms with E-state index in [1.165, 1.54) is 25.7 Å². The molecule has 1 rings (SSSR count). The smallest absolute Gasteiger partial charge is 0.227 e. The molecule has 0 radical (unpaired) electrons. The van der Waals surface area contributed by atoms with Crippen LogP contribution < -0.4 is 11.1 Å². The van der Waals surface area contributed by atoms with Crippen LogP contribution in [0.2, 0.25) is 0 Å². The zero-order chi connectivity index (χ0) is 11.3. The lowest BCUT2D eigenvalue weighted by atomic mass is 9.92. The number of nitrogens with one attached hydrogen (secondary N) is 1. The van der Waals surface area contributed by atoms with Crippen LogP contribution in [0.3, 0.4) is 0 Å². The molecule has 3 N–H and O–H groups in total. The van der Waals surface area contributed by atoms with E-state index in [1.807, 2.05) is 13.8 Å². The van der Waals surface area contributed by atoms with Crippen molar-refractivity contribution in [2.45, 2.75) is 58.4 Å². The summed E-state index contributed by atoms with van der Waals surface area (Å²) < 4.78 is 0. The van der Waals surface area contributed by atoms with Gasteiger partial charge in [-0.15, -0.1) is 12.4 Å². The number of hydrogen-bond acceptors (Lipinski definition) is 2. The summed E-state index contributed by atoms with van der Waals surface area (Å²) in [4.78, 5) is 11.9. The van der Waals surface area contributed by atoms with Crippen LogP contribution in [-0.4, -0.2) is 18.5 Å². The van der Waals surface area contributed by atoms with Crippen LogP contribution in [0, 0.1) is 5.41 Å². The van der Waals surface area contributed by atoms with Crippen molar-refractivity contribution >= 4 is 18.3 Å². The average Bonchev–Trinajstić information content (AvgIpc) is 2.46. The Kier molecular flexibility index (Phi) is 7.00. The fourth-order valence-electron chi connectivity index (χ4n) is 1.90. The lowest BCUT2D eigenvalue weighted by Crippen LogP contribution is -2.46. The maximum absolute atomic E-state index is 11.9. The fourth-order valence-corrected chi connectivity index (χ4v) is 1.90.